The van der Waals surface area contributed by atoms with Gasteiger partial charge in [0, 0.05) is 19.6 Å². The van der Waals surface area contributed by atoms with E-state index in [-0.39, 0.29) is 29.9 Å². The summed E-state index contributed by atoms with van der Waals surface area (Å²) < 4.78 is 5.35. The summed E-state index contributed by atoms with van der Waals surface area (Å²) in [7, 11) is 0. The fourth-order valence-electron chi connectivity index (χ4n) is 2.04. The molecule has 0 unspecified atom stereocenters. The molecule has 0 atom stereocenters. The first-order chi connectivity index (χ1) is 8.75. The molecule has 1 fully saturated rings. The third-order valence-corrected chi connectivity index (χ3v) is 3.05. The monoisotopic (exact) mass is 376 g/mol. The number of rotatable bonds is 4. The van der Waals surface area contributed by atoms with E-state index < -0.39 is 0 Å². The van der Waals surface area contributed by atoms with Crippen LogP contribution in [0.2, 0.25) is 0 Å². The van der Waals surface area contributed by atoms with Gasteiger partial charge < -0.3 is 16.2 Å². The Morgan fingerprint density at radius 1 is 1.16 bits per heavy atom. The number of hydrogen-bond acceptors (Lipinski definition) is 3. The van der Waals surface area contributed by atoms with Gasteiger partial charge in [-0.3, -0.25) is 4.90 Å². The molecule has 6 heteroatoms. The Hall–Kier alpha value is -0.860. The molecule has 1 aromatic carbocycles. The van der Waals surface area contributed by atoms with Gasteiger partial charge in [0.2, 0.25) is 0 Å². The summed E-state index contributed by atoms with van der Waals surface area (Å²) in [5, 5.41) is 0. The summed E-state index contributed by atoms with van der Waals surface area (Å²) >= 11 is 0. The van der Waals surface area contributed by atoms with Gasteiger partial charge in [-0.05, 0) is 11.1 Å². The second-order valence-electron chi connectivity index (χ2n) is 4.40. The van der Waals surface area contributed by atoms with Crippen LogP contribution >= 0.6 is 24.0 Å². The van der Waals surface area contributed by atoms with Gasteiger partial charge in [-0.1, -0.05) is 24.3 Å². The Bertz CT molecular complexity index is 415. The second kappa shape index (κ2) is 8.34. The molecular weight excluding hydrogens is 355 g/mol. The van der Waals surface area contributed by atoms with Crippen LogP contribution in [-0.2, 0) is 17.8 Å². The quantitative estimate of drug-likeness (QED) is 0.465. The van der Waals surface area contributed by atoms with Gasteiger partial charge in [0.15, 0.2) is 5.96 Å². The van der Waals surface area contributed by atoms with Gasteiger partial charge in [0.25, 0.3) is 0 Å². The maximum atomic E-state index is 5.38. The maximum Gasteiger partial charge on any atom is 0.186 e. The zero-order valence-corrected chi connectivity index (χ0v) is 13.2. The Balaban J connectivity index is 0.00000180. The molecule has 0 aliphatic carbocycles. The number of nitrogens with two attached hydrogens (primary N) is 2. The van der Waals surface area contributed by atoms with Crippen LogP contribution in [0.15, 0.2) is 29.3 Å². The lowest BCUT2D eigenvalue weighted by atomic mass is 10.1. The Kier molecular flexibility index (Phi) is 7.11. The molecule has 0 saturated carbocycles. The molecule has 1 saturated heterocycles. The van der Waals surface area contributed by atoms with Crippen LogP contribution in [0.4, 0.5) is 0 Å². The average Bonchev–Trinajstić information content (AvgIpc) is 2.39. The fraction of sp³-hybridized carbons (Fsp3) is 0.462. The van der Waals surface area contributed by atoms with Crippen LogP contribution in [0.5, 0.6) is 0 Å². The van der Waals surface area contributed by atoms with E-state index in [1.54, 1.807) is 0 Å². The van der Waals surface area contributed by atoms with Crippen molar-refractivity contribution < 1.29 is 4.74 Å². The third kappa shape index (κ3) is 5.33. The molecule has 1 aliphatic rings. The number of hydrogen-bond donors (Lipinski definition) is 2. The van der Waals surface area contributed by atoms with Crippen molar-refractivity contribution in [1.82, 2.24) is 4.90 Å². The van der Waals surface area contributed by atoms with Crippen LogP contribution in [0.3, 0.4) is 0 Å². The first kappa shape index (κ1) is 16.2. The van der Waals surface area contributed by atoms with E-state index in [4.69, 9.17) is 16.2 Å². The molecule has 19 heavy (non-hydrogen) atoms. The molecule has 1 aromatic rings. The van der Waals surface area contributed by atoms with Crippen molar-refractivity contribution in [2.45, 2.75) is 13.1 Å². The van der Waals surface area contributed by atoms with Gasteiger partial charge in [0.1, 0.15) is 0 Å². The fourth-order valence-corrected chi connectivity index (χ4v) is 2.04. The molecule has 1 heterocycles. The lowest BCUT2D eigenvalue weighted by molar-refractivity contribution is 0.0341. The van der Waals surface area contributed by atoms with Crippen LogP contribution in [0.1, 0.15) is 11.1 Å². The number of benzene rings is 1. The van der Waals surface area contributed by atoms with Gasteiger partial charge in [-0.25, -0.2) is 4.99 Å². The Labute approximate surface area is 131 Å². The second-order valence-corrected chi connectivity index (χ2v) is 4.40. The van der Waals surface area contributed by atoms with Crippen molar-refractivity contribution in [2.24, 2.45) is 16.5 Å². The predicted molar refractivity (Wildman–Crippen MR) is 87.5 cm³/mol. The van der Waals surface area contributed by atoms with E-state index in [0.29, 0.717) is 6.54 Å². The van der Waals surface area contributed by atoms with Crippen LogP contribution in [0, 0.1) is 0 Å². The van der Waals surface area contributed by atoms with E-state index >= 15 is 0 Å². The normalized spacial score (nSPS) is 15.6. The lowest BCUT2D eigenvalue weighted by Crippen LogP contribution is -2.35. The Morgan fingerprint density at radius 2 is 1.79 bits per heavy atom. The average molecular weight is 376 g/mol. The van der Waals surface area contributed by atoms with Gasteiger partial charge >= 0.3 is 0 Å². The number of halogens is 1. The molecule has 0 spiro atoms. The zero-order valence-electron chi connectivity index (χ0n) is 10.9. The largest absolute Gasteiger partial charge is 0.379 e. The van der Waals surface area contributed by atoms with Crippen LogP contribution in [0.25, 0.3) is 0 Å². The molecule has 4 N–H and O–H groups in total. The summed E-state index contributed by atoms with van der Waals surface area (Å²) in [6, 6.07) is 8.27. The van der Waals surface area contributed by atoms with Gasteiger partial charge in [0.05, 0.1) is 19.8 Å². The number of ether oxygens (including phenoxy) is 1. The highest BCUT2D eigenvalue weighted by Crippen LogP contribution is 2.13. The third-order valence-electron chi connectivity index (χ3n) is 3.05. The lowest BCUT2D eigenvalue weighted by Gasteiger charge is -2.27. The number of aliphatic imine (C=N–C) groups is 1. The van der Waals surface area contributed by atoms with Gasteiger partial charge in [-0.15, -0.1) is 24.0 Å². The van der Waals surface area contributed by atoms with Crippen LogP contribution in [-0.4, -0.2) is 37.2 Å². The van der Waals surface area contributed by atoms with E-state index in [9.17, 15) is 0 Å². The van der Waals surface area contributed by atoms with Crippen molar-refractivity contribution in [1.29, 1.82) is 0 Å². The molecule has 0 bridgehead atoms. The topological polar surface area (TPSA) is 76.9 Å². The van der Waals surface area contributed by atoms with Crippen molar-refractivity contribution in [2.75, 3.05) is 26.3 Å². The van der Waals surface area contributed by atoms with Crippen molar-refractivity contribution in [3.05, 3.63) is 35.4 Å². The van der Waals surface area contributed by atoms with E-state index in [1.165, 1.54) is 11.1 Å². The molecule has 2 rings (SSSR count). The summed E-state index contributed by atoms with van der Waals surface area (Å²) in [5.74, 6) is 0.135. The van der Waals surface area contributed by atoms with Crippen LogP contribution < -0.4 is 11.5 Å². The van der Waals surface area contributed by atoms with Crippen molar-refractivity contribution >= 4 is 29.9 Å². The number of nitrogens with zero attached hydrogens (tertiary/aromatic N) is 2. The highest BCUT2D eigenvalue weighted by molar-refractivity contribution is 14.0. The van der Waals surface area contributed by atoms with Crippen molar-refractivity contribution in [3.63, 3.8) is 0 Å². The summed E-state index contributed by atoms with van der Waals surface area (Å²) in [4.78, 5) is 6.46. The minimum absolute atomic E-state index is 0. The highest BCUT2D eigenvalue weighted by Gasteiger charge is 2.12. The van der Waals surface area contributed by atoms with Crippen molar-refractivity contribution in [3.8, 4) is 0 Å². The Morgan fingerprint density at radius 3 is 2.42 bits per heavy atom. The smallest absolute Gasteiger partial charge is 0.186 e. The first-order valence-electron chi connectivity index (χ1n) is 6.18. The van der Waals surface area contributed by atoms with E-state index in [2.05, 4.69) is 28.1 Å². The highest BCUT2D eigenvalue weighted by atomic mass is 127. The summed E-state index contributed by atoms with van der Waals surface area (Å²) in [5.41, 5.74) is 13.2. The van der Waals surface area contributed by atoms with E-state index in [0.717, 1.165) is 32.8 Å². The molecule has 106 valence electrons. The number of morpholine rings is 1. The molecular formula is C13H21IN4O. The van der Waals surface area contributed by atoms with Gasteiger partial charge in [-0.2, -0.15) is 0 Å². The molecule has 0 aromatic heterocycles. The molecule has 0 amide bonds. The molecule has 5 nitrogen and oxygen atoms in total. The zero-order chi connectivity index (χ0) is 12.8. The molecule has 0 radical (unpaired) electrons. The predicted octanol–water partition coefficient (Wildman–Crippen LogP) is 0.910. The summed E-state index contributed by atoms with van der Waals surface area (Å²) in [6.45, 7) is 5.07. The minimum Gasteiger partial charge on any atom is -0.379 e. The summed E-state index contributed by atoms with van der Waals surface area (Å²) in [6.07, 6.45) is 0. The SMILES string of the molecule is I.NC(N)=NCc1ccccc1CN1CCOCC1. The molecule has 1 aliphatic heterocycles. The number of guanidine groups is 1. The van der Waals surface area contributed by atoms with E-state index in [1.807, 2.05) is 6.07 Å². The maximum absolute atomic E-state index is 5.38. The standard InChI is InChI=1S/C13H20N4O.HI/c14-13(15)16-9-11-3-1-2-4-12(11)10-17-5-7-18-8-6-17;/h1-4H,5-10H2,(H4,14,15,16);1H. The minimum atomic E-state index is 0. The first-order valence-corrected chi connectivity index (χ1v) is 6.18.